The molecule has 2 fully saturated rings. The molecular weight excluding hydrogens is 386 g/mol. The zero-order valence-corrected chi connectivity index (χ0v) is 18.9. The van der Waals surface area contributed by atoms with Gasteiger partial charge in [-0.1, -0.05) is 30.3 Å². The largest absolute Gasteiger partial charge is 0.353 e. The van der Waals surface area contributed by atoms with Crippen LogP contribution in [-0.4, -0.2) is 92.1 Å². The van der Waals surface area contributed by atoms with Crippen LogP contribution in [0.3, 0.4) is 0 Å². The van der Waals surface area contributed by atoms with Crippen LogP contribution < -0.4 is 10.2 Å². The minimum absolute atomic E-state index is 0.794. The second-order valence-electron chi connectivity index (χ2n) is 8.46. The lowest BCUT2D eigenvalue weighted by Gasteiger charge is -2.37. The average molecular weight is 422 g/mol. The van der Waals surface area contributed by atoms with Gasteiger partial charge in [-0.25, -0.2) is 4.98 Å². The third kappa shape index (κ3) is 5.95. The third-order valence-corrected chi connectivity index (χ3v) is 6.24. The number of guanidine groups is 1. The fourth-order valence-corrected chi connectivity index (χ4v) is 4.23. The lowest BCUT2D eigenvalue weighted by atomic mass is 10.1. The Bertz CT molecular complexity index is 821. The summed E-state index contributed by atoms with van der Waals surface area (Å²) < 4.78 is 0. The van der Waals surface area contributed by atoms with Crippen molar-refractivity contribution in [1.82, 2.24) is 25.0 Å². The van der Waals surface area contributed by atoms with Crippen LogP contribution >= 0.6 is 0 Å². The van der Waals surface area contributed by atoms with Crippen LogP contribution in [-0.2, 0) is 13.1 Å². The fourth-order valence-electron chi connectivity index (χ4n) is 4.23. The molecule has 1 aromatic carbocycles. The van der Waals surface area contributed by atoms with E-state index in [1.165, 1.54) is 11.1 Å². The predicted octanol–water partition coefficient (Wildman–Crippen LogP) is 1.73. The molecular formula is C24H35N7. The molecule has 1 N–H and O–H groups in total. The Labute approximate surface area is 186 Å². The van der Waals surface area contributed by atoms with E-state index in [2.05, 4.69) is 72.3 Å². The number of aliphatic imine (C=N–C) groups is 1. The summed E-state index contributed by atoms with van der Waals surface area (Å²) in [5.74, 6) is 2.03. The maximum Gasteiger partial charge on any atom is 0.194 e. The maximum atomic E-state index is 4.51. The number of benzene rings is 1. The highest BCUT2D eigenvalue weighted by atomic mass is 15.4. The number of nitrogens with one attached hydrogen (secondary N) is 1. The van der Waals surface area contributed by atoms with Crippen molar-refractivity contribution in [1.29, 1.82) is 0 Å². The Morgan fingerprint density at radius 2 is 1.61 bits per heavy atom. The van der Waals surface area contributed by atoms with Crippen molar-refractivity contribution in [2.75, 3.05) is 71.4 Å². The van der Waals surface area contributed by atoms with Gasteiger partial charge in [-0.15, -0.1) is 0 Å². The SMILES string of the molecule is CN=C(NCc1ccc(CN2CCN(C)CC2)cc1)N1CCN(c2ccccn2)CC1. The first kappa shape index (κ1) is 21.6. The summed E-state index contributed by atoms with van der Waals surface area (Å²) in [6.45, 7) is 10.3. The van der Waals surface area contributed by atoms with Crippen LogP contribution in [0.1, 0.15) is 11.1 Å². The summed E-state index contributed by atoms with van der Waals surface area (Å²) in [6.07, 6.45) is 1.86. The second kappa shape index (κ2) is 10.6. The Balaban J connectivity index is 1.23. The highest BCUT2D eigenvalue weighted by molar-refractivity contribution is 5.80. The molecule has 2 saturated heterocycles. The highest BCUT2D eigenvalue weighted by Crippen LogP contribution is 2.13. The first-order valence-corrected chi connectivity index (χ1v) is 11.3. The Morgan fingerprint density at radius 1 is 0.903 bits per heavy atom. The zero-order valence-electron chi connectivity index (χ0n) is 18.9. The number of rotatable bonds is 5. The summed E-state index contributed by atoms with van der Waals surface area (Å²) >= 11 is 0. The second-order valence-corrected chi connectivity index (χ2v) is 8.46. The summed E-state index contributed by atoms with van der Waals surface area (Å²) in [7, 11) is 4.07. The van der Waals surface area contributed by atoms with Gasteiger partial charge in [-0.05, 0) is 30.3 Å². The normalized spacial score (nSPS) is 19.0. The number of hydrogen-bond donors (Lipinski definition) is 1. The molecule has 2 aromatic rings. The van der Waals surface area contributed by atoms with Crippen molar-refractivity contribution < 1.29 is 0 Å². The van der Waals surface area contributed by atoms with Crippen molar-refractivity contribution in [2.24, 2.45) is 4.99 Å². The molecule has 0 saturated carbocycles. The van der Waals surface area contributed by atoms with E-state index in [9.17, 15) is 0 Å². The van der Waals surface area contributed by atoms with E-state index in [1.54, 1.807) is 0 Å². The molecule has 4 rings (SSSR count). The first-order chi connectivity index (χ1) is 15.2. The molecule has 2 aliphatic rings. The number of anilines is 1. The van der Waals surface area contributed by atoms with Gasteiger partial charge in [0.2, 0.25) is 0 Å². The van der Waals surface area contributed by atoms with E-state index >= 15 is 0 Å². The van der Waals surface area contributed by atoms with Gasteiger partial charge >= 0.3 is 0 Å². The van der Waals surface area contributed by atoms with Gasteiger partial charge in [-0.2, -0.15) is 0 Å². The monoisotopic (exact) mass is 421 g/mol. The predicted molar refractivity (Wildman–Crippen MR) is 127 cm³/mol. The fraction of sp³-hybridized carbons (Fsp3) is 0.500. The number of piperazine rings is 2. The van der Waals surface area contributed by atoms with Gasteiger partial charge in [0.05, 0.1) is 0 Å². The van der Waals surface area contributed by atoms with E-state index in [0.29, 0.717) is 0 Å². The van der Waals surface area contributed by atoms with Crippen molar-refractivity contribution in [3.05, 3.63) is 59.8 Å². The summed E-state index contributed by atoms with van der Waals surface area (Å²) in [6, 6.07) is 15.1. The van der Waals surface area contributed by atoms with E-state index < -0.39 is 0 Å². The van der Waals surface area contributed by atoms with Gasteiger partial charge in [-0.3, -0.25) is 9.89 Å². The van der Waals surface area contributed by atoms with E-state index in [4.69, 9.17) is 0 Å². The molecule has 0 aliphatic carbocycles. The minimum atomic E-state index is 0.794. The van der Waals surface area contributed by atoms with Crippen molar-refractivity contribution in [2.45, 2.75) is 13.1 Å². The topological polar surface area (TPSA) is 50.2 Å². The third-order valence-electron chi connectivity index (χ3n) is 6.24. The number of likely N-dealkylation sites (N-methyl/N-ethyl adjacent to an activating group) is 1. The van der Waals surface area contributed by atoms with Crippen molar-refractivity contribution in [3.8, 4) is 0 Å². The van der Waals surface area contributed by atoms with Crippen LogP contribution in [0.5, 0.6) is 0 Å². The zero-order chi connectivity index (χ0) is 21.5. The Kier molecular flexibility index (Phi) is 7.38. The molecule has 7 nitrogen and oxygen atoms in total. The van der Waals surface area contributed by atoms with Gasteiger partial charge < -0.3 is 20.0 Å². The van der Waals surface area contributed by atoms with Crippen LogP contribution in [0.25, 0.3) is 0 Å². The molecule has 1 aromatic heterocycles. The van der Waals surface area contributed by atoms with Gasteiger partial charge in [0.1, 0.15) is 5.82 Å². The van der Waals surface area contributed by atoms with Crippen LogP contribution in [0.4, 0.5) is 5.82 Å². The molecule has 0 radical (unpaired) electrons. The molecule has 0 unspecified atom stereocenters. The van der Waals surface area contributed by atoms with Crippen LogP contribution in [0.2, 0.25) is 0 Å². The molecule has 31 heavy (non-hydrogen) atoms. The number of nitrogens with zero attached hydrogens (tertiary/aromatic N) is 6. The summed E-state index contributed by atoms with van der Waals surface area (Å²) in [5, 5.41) is 3.54. The average Bonchev–Trinajstić information content (AvgIpc) is 2.83. The smallest absolute Gasteiger partial charge is 0.194 e. The summed E-state index contributed by atoms with van der Waals surface area (Å²) in [4.78, 5) is 18.6. The Hall–Kier alpha value is -2.64. The summed E-state index contributed by atoms with van der Waals surface area (Å²) in [5.41, 5.74) is 2.68. The maximum absolute atomic E-state index is 4.51. The standard InChI is InChI=1S/C24H35N7/c1-25-24(31-17-15-30(16-18-31)23-5-3-4-10-26-23)27-19-21-6-8-22(9-7-21)20-29-13-11-28(2)12-14-29/h3-10H,11-20H2,1-2H3,(H,25,27). The van der Waals surface area contributed by atoms with Crippen LogP contribution in [0.15, 0.2) is 53.7 Å². The van der Waals surface area contributed by atoms with Gasteiger partial charge in [0.25, 0.3) is 0 Å². The highest BCUT2D eigenvalue weighted by Gasteiger charge is 2.20. The van der Waals surface area contributed by atoms with E-state index in [-0.39, 0.29) is 0 Å². The van der Waals surface area contributed by atoms with E-state index in [0.717, 1.165) is 77.2 Å². The van der Waals surface area contributed by atoms with Gasteiger partial charge in [0, 0.05) is 78.7 Å². The Morgan fingerprint density at radius 3 is 2.26 bits per heavy atom. The number of hydrogen-bond acceptors (Lipinski definition) is 5. The van der Waals surface area contributed by atoms with Gasteiger partial charge in [0.15, 0.2) is 5.96 Å². The molecule has 3 heterocycles. The molecule has 0 spiro atoms. The van der Waals surface area contributed by atoms with Crippen molar-refractivity contribution >= 4 is 11.8 Å². The lowest BCUT2D eigenvalue weighted by molar-refractivity contribution is 0.148. The molecule has 0 atom stereocenters. The van der Waals surface area contributed by atoms with E-state index in [1.807, 2.05) is 25.4 Å². The van der Waals surface area contributed by atoms with Crippen LogP contribution in [0, 0.1) is 0 Å². The molecule has 166 valence electrons. The molecule has 0 amide bonds. The lowest BCUT2D eigenvalue weighted by Crippen LogP contribution is -2.52. The molecule has 2 aliphatic heterocycles. The molecule has 0 bridgehead atoms. The first-order valence-electron chi connectivity index (χ1n) is 11.3. The quantitative estimate of drug-likeness (QED) is 0.586. The number of aromatic nitrogens is 1. The molecule has 7 heteroatoms. The minimum Gasteiger partial charge on any atom is -0.353 e. The van der Waals surface area contributed by atoms with Crippen molar-refractivity contribution in [3.63, 3.8) is 0 Å². The number of pyridine rings is 1.